The van der Waals surface area contributed by atoms with Crippen LogP contribution in [0.25, 0.3) is 0 Å². The van der Waals surface area contributed by atoms with Gasteiger partial charge >= 0.3 is 0 Å². The molecular formula is C33H55Br3N2. The van der Waals surface area contributed by atoms with Gasteiger partial charge in [0.2, 0.25) is 0 Å². The van der Waals surface area contributed by atoms with Gasteiger partial charge in [-0.15, -0.1) is 17.0 Å². The molecule has 2 nitrogen and oxygen atoms in total. The second kappa shape index (κ2) is 28.3. The molecule has 5 heteroatoms. The first-order valence-corrected chi connectivity index (χ1v) is 16.4. The maximum absolute atomic E-state index is 4.20. The lowest BCUT2D eigenvalue weighted by Gasteiger charge is -2.04. The first-order valence-electron chi connectivity index (χ1n) is 15.3. The number of halogens is 3. The van der Waals surface area contributed by atoms with Crippen molar-refractivity contribution in [3.8, 4) is 0 Å². The summed E-state index contributed by atoms with van der Waals surface area (Å²) in [5, 5.41) is 1.17. The average Bonchev–Trinajstić information content (AvgIpc) is 2.91. The van der Waals surface area contributed by atoms with Crippen LogP contribution in [0.15, 0.2) is 49.1 Å². The van der Waals surface area contributed by atoms with Crippen molar-refractivity contribution in [3.63, 3.8) is 0 Å². The average molecular weight is 720 g/mol. The smallest absolute Gasteiger partial charge is 0.171 e. The van der Waals surface area contributed by atoms with E-state index in [9.17, 15) is 0 Å². The maximum Gasteiger partial charge on any atom is 0.171 e. The molecule has 2 heterocycles. The Balaban J connectivity index is 0.00000684. The van der Waals surface area contributed by atoms with Crippen LogP contribution < -0.4 is 21.5 Å². The fourth-order valence-corrected chi connectivity index (χ4v) is 5.50. The third-order valence-electron chi connectivity index (χ3n) is 7.37. The van der Waals surface area contributed by atoms with Crippen molar-refractivity contribution in [2.24, 2.45) is 0 Å². The normalized spacial score (nSPS) is 10.7. The summed E-state index contributed by atoms with van der Waals surface area (Å²) < 4.78 is 2.42. The zero-order valence-electron chi connectivity index (χ0n) is 23.9. The summed E-state index contributed by atoms with van der Waals surface area (Å²) in [4.78, 5) is 4.20. The van der Waals surface area contributed by atoms with E-state index in [-0.39, 0.29) is 34.0 Å². The highest BCUT2D eigenvalue weighted by Crippen LogP contribution is 2.13. The molecule has 0 aliphatic rings. The highest BCUT2D eigenvalue weighted by atomic mass is 79.9. The van der Waals surface area contributed by atoms with Crippen molar-refractivity contribution < 1.29 is 21.5 Å². The number of hydrogen-bond donors (Lipinski definition) is 0. The van der Waals surface area contributed by atoms with Crippen molar-refractivity contribution in [2.75, 3.05) is 5.33 Å². The van der Waals surface area contributed by atoms with Crippen molar-refractivity contribution in [2.45, 2.75) is 141 Å². The molecule has 0 spiro atoms. The van der Waals surface area contributed by atoms with Crippen LogP contribution in [-0.2, 0) is 19.4 Å². The van der Waals surface area contributed by atoms with Crippen LogP contribution in [0.4, 0.5) is 0 Å². The van der Waals surface area contributed by atoms with Gasteiger partial charge in [-0.05, 0) is 56.2 Å². The summed E-state index contributed by atoms with van der Waals surface area (Å²) in [5.41, 5.74) is 2.90. The Morgan fingerprint density at radius 1 is 0.579 bits per heavy atom. The van der Waals surface area contributed by atoms with Gasteiger partial charge < -0.3 is 17.0 Å². The molecule has 38 heavy (non-hydrogen) atoms. The van der Waals surface area contributed by atoms with Gasteiger partial charge in [0.15, 0.2) is 12.4 Å². The van der Waals surface area contributed by atoms with Gasteiger partial charge in [-0.2, -0.15) is 0 Å². The Bertz CT molecular complexity index is 742. The fourth-order valence-electron chi connectivity index (χ4n) is 5.11. The van der Waals surface area contributed by atoms with E-state index in [2.05, 4.69) is 56.1 Å². The Hall–Kier alpha value is -0.260. The van der Waals surface area contributed by atoms with Crippen LogP contribution in [-0.4, -0.2) is 10.3 Å². The minimum atomic E-state index is 0. The molecule has 0 aromatic carbocycles. The molecule has 0 fully saturated rings. The number of hydrogen-bond acceptors (Lipinski definition) is 1. The molecule has 0 aliphatic heterocycles. The lowest BCUT2D eigenvalue weighted by atomic mass is 10.0. The lowest BCUT2D eigenvalue weighted by molar-refractivity contribution is -0.697. The van der Waals surface area contributed by atoms with Gasteiger partial charge in [-0.3, -0.25) is 4.98 Å². The van der Waals surface area contributed by atoms with Crippen LogP contribution >= 0.6 is 32.9 Å². The second-order valence-corrected chi connectivity index (χ2v) is 11.5. The SMILES string of the molecule is Br.BrCCCCCCCCCCCCc1ccc[n+](CCCCCCCCCCCc2cccnc2)c1.[Br-]. The van der Waals surface area contributed by atoms with Crippen molar-refractivity contribution >= 4 is 32.9 Å². The Labute approximate surface area is 264 Å². The first kappa shape index (κ1) is 37.7. The van der Waals surface area contributed by atoms with Gasteiger partial charge in [0.25, 0.3) is 0 Å². The molecule has 0 bridgehead atoms. The minimum Gasteiger partial charge on any atom is -1.00 e. The van der Waals surface area contributed by atoms with E-state index in [0.717, 1.165) is 0 Å². The van der Waals surface area contributed by atoms with Gasteiger partial charge in [0.05, 0.1) is 0 Å². The van der Waals surface area contributed by atoms with Gasteiger partial charge in [-0.1, -0.05) is 112 Å². The predicted octanol–water partition coefficient (Wildman–Crippen LogP) is 7.54. The third kappa shape index (κ3) is 21.5. The third-order valence-corrected chi connectivity index (χ3v) is 7.93. The Kier molecular flexibility index (Phi) is 28.1. The fraction of sp³-hybridized carbons (Fsp3) is 0.697. The van der Waals surface area contributed by atoms with Crippen LogP contribution in [0.1, 0.15) is 133 Å². The quantitative estimate of drug-likeness (QED) is 0.0623. The summed E-state index contributed by atoms with van der Waals surface area (Å²) in [7, 11) is 0. The number of aryl methyl sites for hydroxylation is 3. The molecule has 0 atom stereocenters. The van der Waals surface area contributed by atoms with E-state index in [1.807, 2.05) is 18.5 Å². The summed E-state index contributed by atoms with van der Waals surface area (Å²) >= 11 is 3.52. The van der Waals surface area contributed by atoms with E-state index in [1.54, 1.807) is 0 Å². The Morgan fingerprint density at radius 2 is 1.05 bits per heavy atom. The molecule has 2 rings (SSSR count). The van der Waals surface area contributed by atoms with Crippen molar-refractivity contribution in [3.05, 3.63) is 60.2 Å². The molecular weight excluding hydrogens is 664 g/mol. The summed E-state index contributed by atoms with van der Waals surface area (Å²) in [6, 6.07) is 8.81. The highest BCUT2D eigenvalue weighted by Gasteiger charge is 2.03. The van der Waals surface area contributed by atoms with E-state index < -0.39 is 0 Å². The van der Waals surface area contributed by atoms with Crippen LogP contribution in [0.3, 0.4) is 0 Å². The molecule has 0 saturated carbocycles. The largest absolute Gasteiger partial charge is 1.00 e. The lowest BCUT2D eigenvalue weighted by Crippen LogP contribution is -3.00. The van der Waals surface area contributed by atoms with Crippen LogP contribution in [0.2, 0.25) is 0 Å². The first-order chi connectivity index (χ1) is 17.9. The second-order valence-electron chi connectivity index (χ2n) is 10.7. The van der Waals surface area contributed by atoms with E-state index in [4.69, 9.17) is 0 Å². The molecule has 2 aromatic rings. The van der Waals surface area contributed by atoms with Crippen LogP contribution in [0.5, 0.6) is 0 Å². The van der Waals surface area contributed by atoms with E-state index >= 15 is 0 Å². The van der Waals surface area contributed by atoms with Gasteiger partial charge in [0, 0.05) is 35.8 Å². The zero-order chi connectivity index (χ0) is 25.4. The van der Waals surface area contributed by atoms with E-state index in [1.165, 1.54) is 158 Å². The molecule has 0 N–H and O–H groups in total. The predicted molar refractivity (Wildman–Crippen MR) is 170 cm³/mol. The molecule has 0 unspecified atom stereocenters. The monoisotopic (exact) mass is 716 g/mol. The summed E-state index contributed by atoms with van der Waals surface area (Å²) in [6.45, 7) is 1.18. The molecule has 0 amide bonds. The number of pyridine rings is 2. The topological polar surface area (TPSA) is 16.8 Å². The number of nitrogens with zero attached hydrogens (tertiary/aromatic N) is 2. The van der Waals surface area contributed by atoms with Crippen molar-refractivity contribution in [1.29, 1.82) is 0 Å². The zero-order valence-corrected chi connectivity index (χ0v) is 28.8. The van der Waals surface area contributed by atoms with Crippen LogP contribution in [0, 0.1) is 0 Å². The number of aromatic nitrogens is 2. The van der Waals surface area contributed by atoms with Gasteiger partial charge in [-0.25, -0.2) is 4.57 Å². The van der Waals surface area contributed by atoms with E-state index in [0.29, 0.717) is 0 Å². The molecule has 0 radical (unpaired) electrons. The maximum atomic E-state index is 4.20. The van der Waals surface area contributed by atoms with Crippen molar-refractivity contribution in [1.82, 2.24) is 4.98 Å². The molecule has 2 aromatic heterocycles. The highest BCUT2D eigenvalue weighted by molar-refractivity contribution is 9.09. The number of alkyl halides is 1. The molecule has 218 valence electrons. The van der Waals surface area contributed by atoms with Gasteiger partial charge in [0.1, 0.15) is 6.54 Å². The minimum absolute atomic E-state index is 0. The molecule has 0 aliphatic carbocycles. The summed E-state index contributed by atoms with van der Waals surface area (Å²) in [6.07, 6.45) is 37.4. The molecule has 0 saturated heterocycles. The summed E-state index contributed by atoms with van der Waals surface area (Å²) in [5.74, 6) is 0. The number of unbranched alkanes of at least 4 members (excludes halogenated alkanes) is 17. The standard InChI is InChI=1S/C33H54BrN2.2BrH/c34-26-18-14-10-6-2-1-4-9-13-17-23-33-25-21-29-36(31-33)28-19-15-11-7-3-5-8-12-16-22-32-24-20-27-35-30-32;;/h20-21,24-25,27,29-31H,1-19,22-23,26,28H2;2*1H/q+1;;/p-1. The Morgan fingerprint density at radius 3 is 1.58 bits per heavy atom. The number of rotatable bonds is 24.